The largest absolute Gasteiger partial charge is 0.482 e. The molecule has 1 aliphatic rings. The average Bonchev–Trinajstić information content (AvgIpc) is 2.45. The lowest BCUT2D eigenvalue weighted by Crippen LogP contribution is -2.26. The molecule has 1 aromatic heterocycles. The lowest BCUT2D eigenvalue weighted by molar-refractivity contribution is 0.160. The molecular formula is C10H11NO2S. The van der Waals surface area contributed by atoms with E-state index in [0.717, 1.165) is 15.5 Å². The molecule has 4 heteroatoms. The Balaban J connectivity index is 2.37. The third-order valence-corrected chi connectivity index (χ3v) is 2.95. The van der Waals surface area contributed by atoms with E-state index in [0.29, 0.717) is 0 Å². The van der Waals surface area contributed by atoms with Gasteiger partial charge in [0, 0.05) is 6.07 Å². The minimum Gasteiger partial charge on any atom is -0.482 e. The Morgan fingerprint density at radius 2 is 2.36 bits per heavy atom. The van der Waals surface area contributed by atoms with E-state index >= 15 is 0 Å². The van der Waals surface area contributed by atoms with Gasteiger partial charge in [0.05, 0.1) is 16.0 Å². The highest BCUT2D eigenvalue weighted by Crippen LogP contribution is 2.36. The van der Waals surface area contributed by atoms with Crippen molar-refractivity contribution in [2.45, 2.75) is 19.4 Å². The molecule has 0 saturated heterocycles. The number of nitrogens with zero attached hydrogens (tertiary/aromatic N) is 1. The van der Waals surface area contributed by atoms with Crippen LogP contribution in [-0.4, -0.2) is 17.0 Å². The van der Waals surface area contributed by atoms with Crippen LogP contribution in [-0.2, 0) is 0 Å². The molecule has 0 aliphatic carbocycles. The van der Waals surface area contributed by atoms with Crippen LogP contribution in [0.15, 0.2) is 17.3 Å². The highest BCUT2D eigenvalue weighted by Gasteiger charge is 2.23. The molecule has 2 rings (SSSR count). The molecule has 0 fully saturated rings. The van der Waals surface area contributed by atoms with Gasteiger partial charge < -0.3 is 9.94 Å². The van der Waals surface area contributed by atoms with Gasteiger partial charge in [-0.15, -0.1) is 11.3 Å². The summed E-state index contributed by atoms with van der Waals surface area (Å²) in [6, 6.07) is 1.88. The molecule has 0 atom stereocenters. The van der Waals surface area contributed by atoms with Crippen molar-refractivity contribution in [3.05, 3.63) is 21.9 Å². The zero-order valence-electron chi connectivity index (χ0n) is 8.02. The second kappa shape index (κ2) is 3.13. The molecule has 2 heterocycles. The summed E-state index contributed by atoms with van der Waals surface area (Å²) in [5.41, 5.74) is -0.248. The first-order chi connectivity index (χ1) is 6.61. The Bertz CT molecular complexity index is 404. The van der Waals surface area contributed by atoms with Gasteiger partial charge in [-0.1, -0.05) is 5.16 Å². The summed E-state index contributed by atoms with van der Waals surface area (Å²) in [5.74, 6) is 0.859. The first kappa shape index (κ1) is 9.27. The van der Waals surface area contributed by atoms with Crippen molar-refractivity contribution < 1.29 is 9.94 Å². The highest BCUT2D eigenvalue weighted by molar-refractivity contribution is 7.15. The van der Waals surface area contributed by atoms with E-state index in [9.17, 15) is 0 Å². The summed E-state index contributed by atoms with van der Waals surface area (Å²) in [6.45, 7) is 4.01. The molecule has 0 bridgehead atoms. The van der Waals surface area contributed by atoms with Crippen LogP contribution in [0.3, 0.4) is 0 Å². The van der Waals surface area contributed by atoms with Crippen LogP contribution < -0.4 is 4.74 Å². The van der Waals surface area contributed by atoms with Crippen molar-refractivity contribution in [1.29, 1.82) is 0 Å². The number of fused-ring (bicyclic) bond motifs is 1. The van der Waals surface area contributed by atoms with E-state index in [4.69, 9.17) is 9.94 Å². The van der Waals surface area contributed by atoms with E-state index in [1.165, 1.54) is 17.6 Å². The minimum atomic E-state index is -0.248. The molecule has 3 nitrogen and oxygen atoms in total. The molecule has 14 heavy (non-hydrogen) atoms. The third-order valence-electron chi connectivity index (χ3n) is 1.94. The van der Waals surface area contributed by atoms with E-state index in [1.54, 1.807) is 0 Å². The van der Waals surface area contributed by atoms with E-state index in [2.05, 4.69) is 5.16 Å². The summed E-state index contributed by atoms with van der Waals surface area (Å²) in [5, 5.41) is 11.4. The van der Waals surface area contributed by atoms with Crippen molar-refractivity contribution in [2.24, 2.45) is 5.16 Å². The quantitative estimate of drug-likeness (QED) is 0.439. The average molecular weight is 209 g/mol. The monoisotopic (exact) mass is 209 g/mol. The Morgan fingerprint density at radius 3 is 3.07 bits per heavy atom. The van der Waals surface area contributed by atoms with Crippen LogP contribution in [0.5, 0.6) is 5.75 Å². The smallest absolute Gasteiger partial charge is 0.139 e. The molecule has 1 aromatic rings. The van der Waals surface area contributed by atoms with E-state index in [1.807, 2.05) is 32.1 Å². The van der Waals surface area contributed by atoms with Gasteiger partial charge in [-0.2, -0.15) is 0 Å². The fraction of sp³-hybridized carbons (Fsp3) is 0.300. The predicted molar refractivity (Wildman–Crippen MR) is 57.4 cm³/mol. The molecular weight excluding hydrogens is 198 g/mol. The lowest BCUT2D eigenvalue weighted by Gasteiger charge is -2.25. The predicted octanol–water partition coefficient (Wildman–Crippen LogP) is 2.74. The molecule has 0 radical (unpaired) electrons. The Kier molecular flexibility index (Phi) is 2.07. The molecule has 0 amide bonds. The maximum absolute atomic E-state index is 8.40. The van der Waals surface area contributed by atoms with Gasteiger partial charge in [0.1, 0.15) is 11.4 Å². The topological polar surface area (TPSA) is 41.8 Å². The van der Waals surface area contributed by atoms with Crippen LogP contribution in [0.1, 0.15) is 23.6 Å². The zero-order chi connectivity index (χ0) is 10.2. The molecule has 0 unspecified atom stereocenters. The summed E-state index contributed by atoms with van der Waals surface area (Å²) in [4.78, 5) is 1.96. The molecule has 1 aliphatic heterocycles. The number of oxime groups is 1. The van der Waals surface area contributed by atoms with Gasteiger partial charge in [0.25, 0.3) is 0 Å². The highest BCUT2D eigenvalue weighted by atomic mass is 32.1. The fourth-order valence-electron chi connectivity index (χ4n) is 1.32. The molecule has 74 valence electrons. The van der Waals surface area contributed by atoms with E-state index < -0.39 is 0 Å². The Hall–Kier alpha value is -1.29. The summed E-state index contributed by atoms with van der Waals surface area (Å²) in [6.07, 6.45) is 5.47. The van der Waals surface area contributed by atoms with Crippen LogP contribution in [0.4, 0.5) is 0 Å². The number of ether oxygens (including phenoxy) is 1. The summed E-state index contributed by atoms with van der Waals surface area (Å²) in [7, 11) is 0. The maximum Gasteiger partial charge on any atom is 0.139 e. The van der Waals surface area contributed by atoms with Crippen molar-refractivity contribution in [3.63, 3.8) is 0 Å². The van der Waals surface area contributed by atoms with Gasteiger partial charge in [-0.3, -0.25) is 0 Å². The summed E-state index contributed by atoms with van der Waals surface area (Å²) >= 11 is 1.54. The van der Waals surface area contributed by atoms with Crippen LogP contribution in [0, 0.1) is 0 Å². The van der Waals surface area contributed by atoms with Gasteiger partial charge in [0.2, 0.25) is 0 Å². The number of thiophene rings is 1. The van der Waals surface area contributed by atoms with Crippen LogP contribution >= 0.6 is 11.3 Å². The molecule has 0 spiro atoms. The van der Waals surface area contributed by atoms with Gasteiger partial charge in [-0.25, -0.2) is 0 Å². The standard InChI is InChI=1S/C10H11NO2S/c1-10(2)4-3-9-8(13-10)5-7(14-9)6-11-12/h3-6,12H,1-2H3/b11-6+. The molecule has 1 N–H and O–H groups in total. The SMILES string of the molecule is CC1(C)C=Cc2sc(/C=N/O)cc2O1. The number of hydrogen-bond acceptors (Lipinski definition) is 4. The van der Waals surface area contributed by atoms with Crippen LogP contribution in [0.2, 0.25) is 0 Å². The maximum atomic E-state index is 8.40. The van der Waals surface area contributed by atoms with Gasteiger partial charge in [0.15, 0.2) is 0 Å². The van der Waals surface area contributed by atoms with Crippen molar-refractivity contribution in [3.8, 4) is 5.75 Å². The minimum absolute atomic E-state index is 0.248. The number of rotatable bonds is 1. The molecule has 0 saturated carbocycles. The first-order valence-electron chi connectivity index (χ1n) is 4.30. The van der Waals surface area contributed by atoms with Gasteiger partial charge in [-0.05, 0) is 26.0 Å². The normalized spacial score (nSPS) is 18.1. The zero-order valence-corrected chi connectivity index (χ0v) is 8.84. The fourth-order valence-corrected chi connectivity index (χ4v) is 2.17. The van der Waals surface area contributed by atoms with Gasteiger partial charge >= 0.3 is 0 Å². The van der Waals surface area contributed by atoms with Crippen LogP contribution in [0.25, 0.3) is 6.08 Å². The van der Waals surface area contributed by atoms with Crippen molar-refractivity contribution in [1.82, 2.24) is 0 Å². The summed E-state index contributed by atoms with van der Waals surface area (Å²) < 4.78 is 5.73. The molecule has 0 aromatic carbocycles. The van der Waals surface area contributed by atoms with Crippen molar-refractivity contribution in [2.75, 3.05) is 0 Å². The van der Waals surface area contributed by atoms with Crippen molar-refractivity contribution >= 4 is 23.6 Å². The number of hydrogen-bond donors (Lipinski definition) is 1. The Labute approximate surface area is 86.3 Å². The Morgan fingerprint density at radius 1 is 1.57 bits per heavy atom. The second-order valence-electron chi connectivity index (χ2n) is 3.66. The van der Waals surface area contributed by atoms with E-state index in [-0.39, 0.29) is 5.60 Å². The third kappa shape index (κ3) is 1.65. The lowest BCUT2D eigenvalue weighted by atomic mass is 10.1. The second-order valence-corrected chi connectivity index (χ2v) is 4.78. The first-order valence-corrected chi connectivity index (χ1v) is 5.12.